The highest BCUT2D eigenvalue weighted by Crippen LogP contribution is 2.33. The van der Waals surface area contributed by atoms with Crippen LogP contribution in [-0.2, 0) is 0 Å². The summed E-state index contributed by atoms with van der Waals surface area (Å²) in [6, 6.07) is 32.6. The molecule has 0 aliphatic carbocycles. The van der Waals surface area contributed by atoms with E-state index < -0.39 is 7.25 Å². The molecule has 158 valence electrons. The van der Waals surface area contributed by atoms with Crippen molar-refractivity contribution in [2.75, 3.05) is 7.11 Å². The van der Waals surface area contributed by atoms with Crippen molar-refractivity contribution in [3.63, 3.8) is 0 Å². The Hall–Kier alpha value is -3.61. The van der Waals surface area contributed by atoms with Crippen LogP contribution in [0.4, 0.5) is 17.3 Å². The molecule has 31 heavy (non-hydrogen) atoms. The summed E-state index contributed by atoms with van der Waals surface area (Å²) in [5, 5.41) is 0. The molecule has 2 nitrogen and oxygen atoms in total. The van der Waals surface area contributed by atoms with E-state index in [-0.39, 0.29) is 0 Å². The van der Waals surface area contributed by atoms with Gasteiger partial charge in [0.15, 0.2) is 0 Å². The highest BCUT2D eigenvalue weighted by molar-refractivity contribution is 6.50. The first-order valence-corrected chi connectivity index (χ1v) is 9.44. The van der Waals surface area contributed by atoms with Crippen LogP contribution in [0.5, 0.6) is 5.75 Å². The van der Waals surface area contributed by atoms with Crippen LogP contribution < -0.4 is 4.74 Å². The van der Waals surface area contributed by atoms with Crippen LogP contribution in [-0.4, -0.2) is 14.4 Å². The summed E-state index contributed by atoms with van der Waals surface area (Å²) in [6.07, 6.45) is 0. The van der Waals surface area contributed by atoms with E-state index in [2.05, 4.69) is 48.5 Å². The Morgan fingerprint density at radius 2 is 1.00 bits per heavy atom. The molecule has 0 aliphatic rings. The number of hydrogen-bond donors (Lipinski definition) is 0. The molecule has 0 saturated carbocycles. The number of ether oxygens (including phenoxy) is 1. The number of methoxy groups -OCH3 is 1. The van der Waals surface area contributed by atoms with Crippen LogP contribution in [0, 0.1) is 0 Å². The molecule has 0 spiro atoms. The number of halogens is 4. The van der Waals surface area contributed by atoms with Crippen molar-refractivity contribution < 1.29 is 26.4 Å². The minimum atomic E-state index is -6.00. The van der Waals surface area contributed by atoms with Crippen LogP contribution in [0.2, 0.25) is 0 Å². The van der Waals surface area contributed by atoms with Crippen molar-refractivity contribution in [2.45, 2.75) is 0 Å². The van der Waals surface area contributed by atoms with Crippen LogP contribution >= 0.6 is 0 Å². The molecule has 0 unspecified atom stereocenters. The number of hydrogen-bond acceptors (Lipinski definition) is 1. The molecule has 1 aromatic heterocycles. The lowest BCUT2D eigenvalue weighted by molar-refractivity contribution is 0.368. The summed E-state index contributed by atoms with van der Waals surface area (Å²) in [5.74, 6) is 2.50. The Bertz CT molecular complexity index is 1040. The predicted octanol–water partition coefficient (Wildman–Crippen LogP) is 7.87. The maximum absolute atomic E-state index is 9.75. The summed E-state index contributed by atoms with van der Waals surface area (Å²) in [7, 11) is -4.33. The quantitative estimate of drug-likeness (QED) is 0.188. The Morgan fingerprint density at radius 1 is 0.581 bits per heavy atom. The number of rotatable bonds is 4. The fourth-order valence-corrected chi connectivity index (χ4v) is 2.94. The molecule has 4 rings (SSSR count). The van der Waals surface area contributed by atoms with Crippen LogP contribution in [0.25, 0.3) is 33.8 Å². The summed E-state index contributed by atoms with van der Waals surface area (Å²) in [4.78, 5) is 0. The van der Waals surface area contributed by atoms with Crippen molar-refractivity contribution in [1.29, 1.82) is 0 Å². The van der Waals surface area contributed by atoms with Gasteiger partial charge < -0.3 is 22.0 Å². The van der Waals surface area contributed by atoms with Gasteiger partial charge in [-0.05, 0) is 42.0 Å². The Balaban J connectivity index is 0.000000491. The zero-order chi connectivity index (χ0) is 22.3. The first-order chi connectivity index (χ1) is 14.8. The first-order valence-electron chi connectivity index (χ1n) is 9.44. The van der Waals surface area contributed by atoms with Gasteiger partial charge in [-0.25, -0.2) is 4.42 Å². The van der Waals surface area contributed by atoms with E-state index in [1.807, 2.05) is 48.5 Å². The van der Waals surface area contributed by atoms with Gasteiger partial charge in [0.25, 0.3) is 0 Å². The van der Waals surface area contributed by atoms with Crippen LogP contribution in [0.3, 0.4) is 0 Å². The lowest BCUT2D eigenvalue weighted by Crippen LogP contribution is -2.02. The number of benzene rings is 3. The molecule has 3 aromatic carbocycles. The fourth-order valence-electron chi connectivity index (χ4n) is 2.94. The standard InChI is InChI=1S/C24H19O2.BF4/c1-25-22-14-12-20(13-15-22)24-17-21(18-8-4-2-5-9-18)16-23(26-24)19-10-6-3-7-11-19;2-1(3,4)5/h2-17H,1H3;/q+1;-1. The van der Waals surface area contributed by atoms with E-state index in [4.69, 9.17) is 9.15 Å². The molecule has 0 amide bonds. The Morgan fingerprint density at radius 3 is 1.45 bits per heavy atom. The molecular formula is C24H19BF4O2. The van der Waals surface area contributed by atoms with E-state index in [1.54, 1.807) is 7.11 Å². The second-order valence-electron chi connectivity index (χ2n) is 6.53. The topological polar surface area (TPSA) is 20.5 Å². The smallest absolute Gasteiger partial charge is 0.497 e. The van der Waals surface area contributed by atoms with Gasteiger partial charge in [-0.15, -0.1) is 0 Å². The van der Waals surface area contributed by atoms with E-state index in [9.17, 15) is 17.3 Å². The van der Waals surface area contributed by atoms with E-state index >= 15 is 0 Å². The van der Waals surface area contributed by atoms with Gasteiger partial charge >= 0.3 is 18.8 Å². The van der Waals surface area contributed by atoms with E-state index in [0.717, 1.165) is 39.5 Å². The normalized spacial score (nSPS) is 10.7. The molecule has 0 atom stereocenters. The van der Waals surface area contributed by atoms with Crippen LogP contribution in [0.15, 0.2) is 101 Å². The third-order valence-corrected chi connectivity index (χ3v) is 4.33. The van der Waals surface area contributed by atoms with Crippen molar-refractivity contribution in [1.82, 2.24) is 0 Å². The summed E-state index contributed by atoms with van der Waals surface area (Å²) in [6.45, 7) is 0. The van der Waals surface area contributed by atoms with Gasteiger partial charge in [-0.3, -0.25) is 0 Å². The molecule has 0 saturated heterocycles. The Labute approximate surface area is 177 Å². The lowest BCUT2D eigenvalue weighted by atomic mass is 10.0. The average Bonchev–Trinajstić information content (AvgIpc) is 2.79. The first kappa shape index (κ1) is 22.1. The highest BCUT2D eigenvalue weighted by atomic mass is 19.5. The van der Waals surface area contributed by atoms with Gasteiger partial charge in [-0.1, -0.05) is 48.5 Å². The van der Waals surface area contributed by atoms with Gasteiger partial charge in [0.2, 0.25) is 0 Å². The van der Waals surface area contributed by atoms with Crippen molar-refractivity contribution in [3.8, 4) is 39.5 Å². The molecule has 4 aromatic rings. The molecule has 0 N–H and O–H groups in total. The molecule has 0 aliphatic heterocycles. The second kappa shape index (κ2) is 9.93. The maximum Gasteiger partial charge on any atom is 0.673 e. The van der Waals surface area contributed by atoms with E-state index in [0.29, 0.717) is 0 Å². The minimum absolute atomic E-state index is 0.827. The summed E-state index contributed by atoms with van der Waals surface area (Å²) >= 11 is 0. The molecule has 1 heterocycles. The van der Waals surface area contributed by atoms with Crippen molar-refractivity contribution in [3.05, 3.63) is 97.1 Å². The second-order valence-corrected chi connectivity index (χ2v) is 6.53. The third kappa shape index (κ3) is 6.71. The van der Waals surface area contributed by atoms with Crippen molar-refractivity contribution in [2.24, 2.45) is 0 Å². The minimum Gasteiger partial charge on any atom is -0.497 e. The molecule has 0 bridgehead atoms. The average molecular weight is 426 g/mol. The largest absolute Gasteiger partial charge is 0.673 e. The molecule has 0 radical (unpaired) electrons. The SMILES string of the molecule is COc1ccc(-c2cc(-c3ccccc3)cc(-c3ccccc3)[o+]2)cc1.F[B-](F)(F)F. The maximum atomic E-state index is 9.75. The van der Waals surface area contributed by atoms with Gasteiger partial charge in [0.05, 0.1) is 30.4 Å². The molecular weight excluding hydrogens is 407 g/mol. The summed E-state index contributed by atoms with van der Waals surface area (Å²) < 4.78 is 50.5. The van der Waals surface area contributed by atoms with E-state index in [1.165, 1.54) is 0 Å². The zero-order valence-electron chi connectivity index (χ0n) is 16.6. The Kier molecular flexibility index (Phi) is 7.08. The fraction of sp³-hybridized carbons (Fsp3) is 0.0417. The van der Waals surface area contributed by atoms with Gasteiger partial charge in [0.1, 0.15) is 5.75 Å². The summed E-state index contributed by atoms with van der Waals surface area (Å²) in [5.41, 5.74) is 4.36. The molecule has 7 heteroatoms. The third-order valence-electron chi connectivity index (χ3n) is 4.33. The predicted molar refractivity (Wildman–Crippen MR) is 116 cm³/mol. The highest BCUT2D eigenvalue weighted by Gasteiger charge is 2.21. The molecule has 0 fully saturated rings. The van der Waals surface area contributed by atoms with Gasteiger partial charge in [0, 0.05) is 5.56 Å². The zero-order valence-corrected chi connectivity index (χ0v) is 16.6. The lowest BCUT2D eigenvalue weighted by Gasteiger charge is -2.03. The monoisotopic (exact) mass is 426 g/mol. The van der Waals surface area contributed by atoms with Crippen molar-refractivity contribution >= 4 is 7.25 Å². The van der Waals surface area contributed by atoms with Gasteiger partial charge in [-0.2, -0.15) is 0 Å². The van der Waals surface area contributed by atoms with Crippen LogP contribution in [0.1, 0.15) is 0 Å².